The molecule has 0 saturated carbocycles. The van der Waals surface area contributed by atoms with E-state index in [9.17, 15) is 22.8 Å². The highest BCUT2D eigenvalue weighted by molar-refractivity contribution is 6.00. The van der Waals surface area contributed by atoms with Crippen LogP contribution in [0.15, 0.2) is 65.7 Å². The van der Waals surface area contributed by atoms with Gasteiger partial charge in [-0.2, -0.15) is 5.10 Å². The van der Waals surface area contributed by atoms with Crippen LogP contribution in [0.25, 0.3) is 22.2 Å². The Hall–Kier alpha value is -4.08. The van der Waals surface area contributed by atoms with Crippen molar-refractivity contribution in [3.63, 3.8) is 0 Å². The third-order valence-electron chi connectivity index (χ3n) is 4.81. The van der Waals surface area contributed by atoms with Gasteiger partial charge in [0.05, 0.1) is 25.0 Å². The van der Waals surface area contributed by atoms with Gasteiger partial charge in [0, 0.05) is 22.7 Å². The molecule has 2 aromatic heterocycles. The van der Waals surface area contributed by atoms with Crippen molar-refractivity contribution in [3.8, 4) is 17.0 Å². The van der Waals surface area contributed by atoms with Crippen LogP contribution in [0.5, 0.6) is 5.75 Å². The molecule has 7 nitrogen and oxygen atoms in total. The van der Waals surface area contributed by atoms with Crippen molar-refractivity contribution in [2.24, 2.45) is 0 Å². The number of nitrogens with one attached hydrogen (secondary N) is 1. The molecule has 2 aromatic carbocycles. The summed E-state index contributed by atoms with van der Waals surface area (Å²) in [7, 11) is 0. The van der Waals surface area contributed by atoms with Crippen LogP contribution < -0.4 is 10.2 Å². The van der Waals surface area contributed by atoms with Crippen LogP contribution in [0.4, 0.5) is 13.2 Å². The summed E-state index contributed by atoms with van der Waals surface area (Å²) in [4.78, 5) is 28.7. The number of benzene rings is 2. The number of fused-ring (bicyclic) bond motifs is 1. The van der Waals surface area contributed by atoms with Gasteiger partial charge in [0.15, 0.2) is 0 Å². The van der Waals surface area contributed by atoms with Crippen molar-refractivity contribution >= 4 is 16.9 Å². The molecule has 170 valence electrons. The predicted octanol–water partition coefficient (Wildman–Crippen LogP) is 4.52. The molecular weight excluding hydrogens is 439 g/mol. The minimum atomic E-state index is -4.76. The SMILES string of the molecule is CCOC(=O)c1c(-c2cnn(Cc3ccc(OC(F)(F)F)cc3)c2)[nH]c2ccccc2c1=O. The van der Waals surface area contributed by atoms with Crippen LogP contribution in [0.1, 0.15) is 22.8 Å². The summed E-state index contributed by atoms with van der Waals surface area (Å²) in [5, 5.41) is 4.62. The van der Waals surface area contributed by atoms with Crippen LogP contribution in [0.2, 0.25) is 0 Å². The van der Waals surface area contributed by atoms with Gasteiger partial charge in [-0.1, -0.05) is 24.3 Å². The number of ether oxygens (including phenoxy) is 2. The Morgan fingerprint density at radius 2 is 1.85 bits per heavy atom. The topological polar surface area (TPSA) is 86.2 Å². The molecule has 1 N–H and O–H groups in total. The lowest BCUT2D eigenvalue weighted by Gasteiger charge is -2.10. The Bertz CT molecular complexity index is 1360. The zero-order valence-corrected chi connectivity index (χ0v) is 17.3. The molecule has 4 rings (SSSR count). The molecule has 0 aliphatic rings. The molecule has 0 spiro atoms. The highest BCUT2D eigenvalue weighted by Crippen LogP contribution is 2.25. The lowest BCUT2D eigenvalue weighted by atomic mass is 10.0. The largest absolute Gasteiger partial charge is 0.573 e. The minimum absolute atomic E-state index is 0.109. The molecule has 0 unspecified atom stereocenters. The Labute approximate surface area is 185 Å². The average Bonchev–Trinajstić information content (AvgIpc) is 3.22. The first-order valence-corrected chi connectivity index (χ1v) is 9.95. The highest BCUT2D eigenvalue weighted by Gasteiger charge is 2.31. The van der Waals surface area contributed by atoms with E-state index < -0.39 is 17.8 Å². The molecule has 0 atom stereocenters. The van der Waals surface area contributed by atoms with Gasteiger partial charge in [-0.25, -0.2) is 4.79 Å². The summed E-state index contributed by atoms with van der Waals surface area (Å²) in [5.74, 6) is -1.06. The summed E-state index contributed by atoms with van der Waals surface area (Å²) in [6, 6.07) is 12.2. The van der Waals surface area contributed by atoms with Gasteiger partial charge in [-0.05, 0) is 36.8 Å². The summed E-state index contributed by atoms with van der Waals surface area (Å²) in [6.07, 6.45) is -1.64. The molecule has 0 aliphatic carbocycles. The van der Waals surface area contributed by atoms with E-state index in [1.165, 1.54) is 35.1 Å². The molecule has 10 heteroatoms. The van der Waals surface area contributed by atoms with Crippen LogP contribution in [-0.2, 0) is 11.3 Å². The number of hydrogen-bond donors (Lipinski definition) is 1. The maximum absolute atomic E-state index is 13.0. The fourth-order valence-electron chi connectivity index (χ4n) is 3.41. The zero-order valence-electron chi connectivity index (χ0n) is 17.3. The standard InChI is InChI=1S/C23H18F3N3O4/c1-2-32-22(31)19-20(28-18-6-4-3-5-17(18)21(19)30)15-11-27-29(13-15)12-14-7-9-16(10-8-14)33-23(24,25)26/h3-11,13H,2,12H2,1H3,(H,28,30). The summed E-state index contributed by atoms with van der Waals surface area (Å²) >= 11 is 0. The molecule has 0 bridgehead atoms. The van der Waals surface area contributed by atoms with Crippen molar-refractivity contribution in [3.05, 3.63) is 82.3 Å². The molecule has 33 heavy (non-hydrogen) atoms. The first kappa shape index (κ1) is 22.1. The van der Waals surface area contributed by atoms with E-state index >= 15 is 0 Å². The number of carbonyl (C=O) groups excluding carboxylic acids is 1. The fraction of sp³-hybridized carbons (Fsp3) is 0.174. The molecule has 0 amide bonds. The maximum Gasteiger partial charge on any atom is 0.573 e. The number of nitrogens with zero attached hydrogens (tertiary/aromatic N) is 2. The minimum Gasteiger partial charge on any atom is -0.462 e. The number of alkyl halides is 3. The average molecular weight is 457 g/mol. The first-order valence-electron chi connectivity index (χ1n) is 9.95. The van der Waals surface area contributed by atoms with Gasteiger partial charge in [-0.3, -0.25) is 9.48 Å². The fourth-order valence-corrected chi connectivity index (χ4v) is 3.41. The number of aromatic amines is 1. The molecule has 0 fully saturated rings. The van der Waals surface area contributed by atoms with Gasteiger partial charge < -0.3 is 14.5 Å². The molecule has 2 heterocycles. The molecule has 0 aliphatic heterocycles. The first-order chi connectivity index (χ1) is 15.7. The summed E-state index contributed by atoms with van der Waals surface area (Å²) in [6.45, 7) is 2.01. The van der Waals surface area contributed by atoms with Gasteiger partial charge in [0.25, 0.3) is 0 Å². The smallest absolute Gasteiger partial charge is 0.462 e. The number of esters is 1. The number of pyridine rings is 1. The quantitative estimate of drug-likeness (QED) is 0.431. The van der Waals surface area contributed by atoms with Crippen molar-refractivity contribution in [2.75, 3.05) is 6.61 Å². The number of para-hydroxylation sites is 1. The number of H-pyrrole nitrogens is 1. The molecule has 4 aromatic rings. The van der Waals surface area contributed by atoms with E-state index in [-0.39, 0.29) is 30.2 Å². The monoisotopic (exact) mass is 457 g/mol. The number of carbonyl (C=O) groups is 1. The second kappa shape index (κ2) is 8.81. The summed E-state index contributed by atoms with van der Waals surface area (Å²) < 4.78 is 47.5. The van der Waals surface area contributed by atoms with E-state index in [0.717, 1.165) is 0 Å². The van der Waals surface area contributed by atoms with Crippen LogP contribution in [0, 0.1) is 0 Å². The lowest BCUT2D eigenvalue weighted by Crippen LogP contribution is -2.20. The Morgan fingerprint density at radius 3 is 2.55 bits per heavy atom. The number of aromatic nitrogens is 3. The van der Waals surface area contributed by atoms with E-state index in [4.69, 9.17) is 4.74 Å². The Balaban J connectivity index is 1.67. The van der Waals surface area contributed by atoms with Gasteiger partial charge in [0.1, 0.15) is 11.3 Å². The number of halogens is 3. The second-order valence-corrected chi connectivity index (χ2v) is 7.09. The Kier molecular flexibility index (Phi) is 5.91. The van der Waals surface area contributed by atoms with E-state index in [1.807, 2.05) is 0 Å². The van der Waals surface area contributed by atoms with Crippen molar-refractivity contribution in [1.29, 1.82) is 0 Å². The third-order valence-corrected chi connectivity index (χ3v) is 4.81. The second-order valence-electron chi connectivity index (χ2n) is 7.09. The summed E-state index contributed by atoms with van der Waals surface area (Å²) in [5.41, 5.74) is 1.42. The van der Waals surface area contributed by atoms with Gasteiger partial charge >= 0.3 is 12.3 Å². The zero-order chi connectivity index (χ0) is 23.6. The maximum atomic E-state index is 13.0. The van der Waals surface area contributed by atoms with Crippen molar-refractivity contribution in [1.82, 2.24) is 14.8 Å². The predicted molar refractivity (Wildman–Crippen MR) is 114 cm³/mol. The molecule has 0 radical (unpaired) electrons. The van der Waals surface area contributed by atoms with Crippen LogP contribution in [-0.4, -0.2) is 33.7 Å². The lowest BCUT2D eigenvalue weighted by molar-refractivity contribution is -0.274. The molecular formula is C23H18F3N3O4. The van der Waals surface area contributed by atoms with Crippen molar-refractivity contribution < 1.29 is 27.4 Å². The van der Waals surface area contributed by atoms with Gasteiger partial charge in [-0.15, -0.1) is 13.2 Å². The van der Waals surface area contributed by atoms with Crippen LogP contribution >= 0.6 is 0 Å². The van der Waals surface area contributed by atoms with E-state index in [0.29, 0.717) is 22.0 Å². The number of hydrogen-bond acceptors (Lipinski definition) is 5. The third kappa shape index (κ3) is 4.89. The van der Waals surface area contributed by atoms with E-state index in [2.05, 4.69) is 14.8 Å². The van der Waals surface area contributed by atoms with E-state index in [1.54, 1.807) is 37.4 Å². The van der Waals surface area contributed by atoms with Crippen molar-refractivity contribution in [2.45, 2.75) is 19.8 Å². The highest BCUT2D eigenvalue weighted by atomic mass is 19.4. The molecule has 0 saturated heterocycles. The van der Waals surface area contributed by atoms with Gasteiger partial charge in [0.2, 0.25) is 5.43 Å². The number of rotatable bonds is 6. The Morgan fingerprint density at radius 1 is 1.12 bits per heavy atom. The normalized spacial score (nSPS) is 11.5. The van der Waals surface area contributed by atoms with Crippen LogP contribution in [0.3, 0.4) is 0 Å².